The van der Waals surface area contributed by atoms with Gasteiger partial charge < -0.3 is 24.7 Å². The van der Waals surface area contributed by atoms with E-state index >= 15 is 0 Å². The van der Waals surface area contributed by atoms with Crippen LogP contribution in [0.3, 0.4) is 0 Å². The molecular weight excluding hydrogens is 442 g/mol. The van der Waals surface area contributed by atoms with Crippen molar-refractivity contribution in [3.8, 4) is 11.4 Å². The molecular formula is C23H27N5O6. The topological polar surface area (TPSA) is 141 Å². The fraction of sp³-hybridized carbons (Fsp3) is 0.261. The van der Waals surface area contributed by atoms with Gasteiger partial charge in [0.15, 0.2) is 0 Å². The second kappa shape index (κ2) is 10.5. The van der Waals surface area contributed by atoms with E-state index in [9.17, 15) is 19.2 Å². The predicted molar refractivity (Wildman–Crippen MR) is 124 cm³/mol. The van der Waals surface area contributed by atoms with E-state index in [4.69, 9.17) is 4.74 Å². The van der Waals surface area contributed by atoms with Crippen LogP contribution in [0.5, 0.6) is 0 Å². The van der Waals surface area contributed by atoms with Crippen LogP contribution >= 0.6 is 0 Å². The van der Waals surface area contributed by atoms with Crippen molar-refractivity contribution >= 4 is 29.6 Å². The Bertz CT molecular complexity index is 1140. The molecule has 1 aromatic heterocycles. The molecule has 1 heterocycles. The molecule has 0 spiro atoms. The van der Waals surface area contributed by atoms with Gasteiger partial charge >= 0.3 is 12.1 Å². The van der Waals surface area contributed by atoms with Crippen LogP contribution in [0.15, 0.2) is 55.0 Å². The summed E-state index contributed by atoms with van der Waals surface area (Å²) in [6, 6.07) is 6.80. The second-order valence-corrected chi connectivity index (χ2v) is 8.09. The van der Waals surface area contributed by atoms with Gasteiger partial charge in [0, 0.05) is 18.3 Å². The zero-order valence-electron chi connectivity index (χ0n) is 19.6. The molecule has 1 aromatic carbocycles. The van der Waals surface area contributed by atoms with Crippen molar-refractivity contribution in [2.45, 2.75) is 26.4 Å². The number of carbonyl (C=O) groups is 4. The third-order valence-electron chi connectivity index (χ3n) is 4.24. The van der Waals surface area contributed by atoms with Crippen molar-refractivity contribution in [3.63, 3.8) is 0 Å². The Labute approximate surface area is 196 Å². The summed E-state index contributed by atoms with van der Waals surface area (Å²) in [5.41, 5.74) is 0.163. The fourth-order valence-electron chi connectivity index (χ4n) is 2.66. The van der Waals surface area contributed by atoms with Crippen molar-refractivity contribution in [2.75, 3.05) is 12.4 Å². The first-order valence-corrected chi connectivity index (χ1v) is 10.0. The molecule has 34 heavy (non-hydrogen) atoms. The molecule has 0 atom stereocenters. The first-order valence-electron chi connectivity index (χ1n) is 10.0. The lowest BCUT2D eigenvalue weighted by Crippen LogP contribution is -2.36. The summed E-state index contributed by atoms with van der Waals surface area (Å²) in [5, 5.41) is 7.17. The van der Waals surface area contributed by atoms with Gasteiger partial charge in [-0.2, -0.15) is 0 Å². The fourth-order valence-corrected chi connectivity index (χ4v) is 2.66. The highest BCUT2D eigenvalue weighted by molar-refractivity contribution is 6.04. The summed E-state index contributed by atoms with van der Waals surface area (Å²) in [6.07, 6.45) is 0.770. The van der Waals surface area contributed by atoms with Gasteiger partial charge in [-0.05, 0) is 45.0 Å². The molecule has 0 fully saturated rings. The van der Waals surface area contributed by atoms with Crippen LogP contribution in [-0.4, -0.2) is 46.1 Å². The molecule has 2 rings (SSSR count). The standard InChI is InChI=1S/C23H27N5O6/c1-13(19(29)26-14(2)21(31)33-7)25-20(30)17-12-24-18(28(17)6)15-8-10-16(11-9-15)27-22(32)34-23(3,4)5/h8-12H,1-2H2,3-7H3,(H,25,30)(H,26,29)(H,27,32). The van der Waals surface area contributed by atoms with Crippen LogP contribution in [0.25, 0.3) is 11.4 Å². The predicted octanol–water partition coefficient (Wildman–Crippen LogP) is 2.48. The molecule has 0 radical (unpaired) electrons. The van der Waals surface area contributed by atoms with Crippen LogP contribution in [0.1, 0.15) is 31.3 Å². The van der Waals surface area contributed by atoms with E-state index in [1.165, 1.54) is 10.8 Å². The number of amides is 3. The molecule has 11 nitrogen and oxygen atoms in total. The molecule has 180 valence electrons. The maximum atomic E-state index is 12.6. The van der Waals surface area contributed by atoms with Crippen LogP contribution in [0, 0.1) is 0 Å². The third-order valence-corrected chi connectivity index (χ3v) is 4.24. The van der Waals surface area contributed by atoms with Gasteiger partial charge in [0.25, 0.3) is 11.8 Å². The maximum Gasteiger partial charge on any atom is 0.412 e. The van der Waals surface area contributed by atoms with Crippen molar-refractivity contribution in [2.24, 2.45) is 7.05 Å². The Morgan fingerprint density at radius 1 is 1.00 bits per heavy atom. The second-order valence-electron chi connectivity index (χ2n) is 8.09. The number of hydrogen-bond donors (Lipinski definition) is 3. The summed E-state index contributed by atoms with van der Waals surface area (Å²) < 4.78 is 11.2. The number of aromatic nitrogens is 2. The maximum absolute atomic E-state index is 12.6. The number of esters is 1. The van der Waals surface area contributed by atoms with Crippen LogP contribution in [0.2, 0.25) is 0 Å². The first-order chi connectivity index (χ1) is 15.8. The molecule has 0 saturated carbocycles. The van der Waals surface area contributed by atoms with E-state index < -0.39 is 29.5 Å². The van der Waals surface area contributed by atoms with E-state index in [-0.39, 0.29) is 17.1 Å². The van der Waals surface area contributed by atoms with Crippen molar-refractivity contribution in [1.82, 2.24) is 20.2 Å². The van der Waals surface area contributed by atoms with Crippen LogP contribution in [-0.2, 0) is 26.1 Å². The summed E-state index contributed by atoms with van der Waals surface area (Å²) >= 11 is 0. The average Bonchev–Trinajstić information content (AvgIpc) is 3.13. The van der Waals surface area contributed by atoms with E-state index in [0.29, 0.717) is 17.1 Å². The van der Waals surface area contributed by atoms with Gasteiger partial charge in [-0.25, -0.2) is 14.6 Å². The van der Waals surface area contributed by atoms with Gasteiger partial charge in [0.05, 0.1) is 19.0 Å². The minimum atomic E-state index is -0.823. The summed E-state index contributed by atoms with van der Waals surface area (Å²) in [7, 11) is 2.77. The molecule has 3 amide bonds. The Morgan fingerprint density at radius 2 is 1.62 bits per heavy atom. The number of carbonyl (C=O) groups excluding carboxylic acids is 4. The Kier molecular flexibility index (Phi) is 7.96. The summed E-state index contributed by atoms with van der Waals surface area (Å²) in [5.74, 6) is -1.80. The number of hydrogen-bond acceptors (Lipinski definition) is 7. The lowest BCUT2D eigenvalue weighted by molar-refractivity contribution is -0.137. The highest BCUT2D eigenvalue weighted by atomic mass is 16.6. The highest BCUT2D eigenvalue weighted by Gasteiger charge is 2.20. The van der Waals surface area contributed by atoms with E-state index in [0.717, 1.165) is 7.11 Å². The molecule has 2 aromatic rings. The quantitative estimate of drug-likeness (QED) is 0.418. The Morgan fingerprint density at radius 3 is 2.18 bits per heavy atom. The summed E-state index contributed by atoms with van der Waals surface area (Å²) in [6.45, 7) is 12.2. The summed E-state index contributed by atoms with van der Waals surface area (Å²) in [4.78, 5) is 52.2. The molecule has 0 aliphatic heterocycles. The lowest BCUT2D eigenvalue weighted by Gasteiger charge is -2.19. The van der Waals surface area contributed by atoms with Crippen LogP contribution in [0.4, 0.5) is 10.5 Å². The molecule has 11 heteroatoms. The number of methoxy groups -OCH3 is 1. The van der Waals surface area contributed by atoms with Crippen molar-refractivity contribution in [1.29, 1.82) is 0 Å². The van der Waals surface area contributed by atoms with E-state index in [1.54, 1.807) is 52.1 Å². The lowest BCUT2D eigenvalue weighted by atomic mass is 10.2. The first kappa shape index (κ1) is 25.8. The van der Waals surface area contributed by atoms with E-state index in [2.05, 4.69) is 38.8 Å². The number of nitrogens with zero attached hydrogens (tertiary/aromatic N) is 2. The SMILES string of the molecule is C=C(NC(=O)c1cnc(-c2ccc(NC(=O)OC(C)(C)C)cc2)n1C)C(=O)NC(=C)C(=O)OC. The number of rotatable bonds is 7. The zero-order chi connectivity index (χ0) is 25.6. The average molecular weight is 469 g/mol. The number of imidazole rings is 1. The molecule has 0 aliphatic carbocycles. The number of nitrogens with one attached hydrogen (secondary N) is 3. The van der Waals surface area contributed by atoms with Gasteiger partial charge in [0.2, 0.25) is 0 Å². The minimum absolute atomic E-state index is 0.159. The van der Waals surface area contributed by atoms with Gasteiger partial charge in [-0.3, -0.25) is 14.9 Å². The Hall–Kier alpha value is -4.41. The monoisotopic (exact) mass is 469 g/mol. The van der Waals surface area contributed by atoms with Crippen LogP contribution < -0.4 is 16.0 Å². The molecule has 0 aliphatic rings. The number of ether oxygens (including phenoxy) is 2. The van der Waals surface area contributed by atoms with Crippen molar-refractivity contribution in [3.05, 3.63) is 60.7 Å². The minimum Gasteiger partial charge on any atom is -0.464 e. The molecule has 0 bridgehead atoms. The Balaban J connectivity index is 2.06. The molecule has 0 saturated heterocycles. The third kappa shape index (κ3) is 6.79. The highest BCUT2D eigenvalue weighted by Crippen LogP contribution is 2.21. The molecule has 3 N–H and O–H groups in total. The van der Waals surface area contributed by atoms with E-state index in [1.807, 2.05) is 0 Å². The van der Waals surface area contributed by atoms with Gasteiger partial charge in [0.1, 0.15) is 22.8 Å². The largest absolute Gasteiger partial charge is 0.464 e. The van der Waals surface area contributed by atoms with Gasteiger partial charge in [-0.15, -0.1) is 0 Å². The zero-order valence-corrected chi connectivity index (χ0v) is 19.6. The smallest absolute Gasteiger partial charge is 0.412 e. The number of anilines is 1. The van der Waals surface area contributed by atoms with Gasteiger partial charge in [-0.1, -0.05) is 13.2 Å². The van der Waals surface area contributed by atoms with Crippen molar-refractivity contribution < 1.29 is 28.7 Å². The molecule has 0 unspecified atom stereocenters. The number of benzene rings is 1. The normalized spacial score (nSPS) is 10.6.